The Bertz CT molecular complexity index is 393. The van der Waals surface area contributed by atoms with E-state index in [9.17, 15) is 47.9 Å². The van der Waals surface area contributed by atoms with Crippen LogP contribution in [0.1, 0.15) is 0 Å². The zero-order valence-electron chi connectivity index (χ0n) is 7.07. The van der Waals surface area contributed by atoms with Gasteiger partial charge in [-0.1, -0.05) is 0 Å². The molecule has 0 aromatic carbocycles. The first-order chi connectivity index (χ1) is 7.00. The lowest BCUT2D eigenvalue weighted by Gasteiger charge is -2.31. The molecule has 0 radical (unpaired) electrons. The van der Waals surface area contributed by atoms with Gasteiger partial charge in [0.2, 0.25) is 0 Å². The summed E-state index contributed by atoms with van der Waals surface area (Å²) in [4.78, 5) is 0. The molecule has 0 saturated heterocycles. The van der Waals surface area contributed by atoms with Crippen LogP contribution in [0.25, 0.3) is 0 Å². The van der Waals surface area contributed by atoms with Gasteiger partial charge in [0.1, 0.15) is 0 Å². The molecule has 0 unspecified atom stereocenters. The zero-order valence-corrected chi connectivity index (χ0v) is 7.89. The second kappa shape index (κ2) is 3.63. The predicted molar refractivity (Wildman–Crippen MR) is 32.4 cm³/mol. The zero-order chi connectivity index (χ0) is 14.5. The summed E-state index contributed by atoms with van der Waals surface area (Å²) in [6, 6.07) is 0. The normalized spacial score (nSPS) is 16.1. The molecule has 0 fully saturated rings. The SMILES string of the molecule is O=S(=O)(O)C(F)(F)[13C](F)(F)[13C](F)(F)[13C](F)(F)F. The molecular formula is C4HF9O3S. The van der Waals surface area contributed by atoms with Gasteiger partial charge in [0.15, 0.2) is 0 Å². The lowest BCUT2D eigenvalue weighted by atomic mass is 10.9. The summed E-state index contributed by atoms with van der Waals surface area (Å²) in [7, 11) is -7.17. The van der Waals surface area contributed by atoms with Crippen molar-refractivity contribution in [2.45, 2.75) is 23.3 Å². The highest BCUT2D eigenvalue weighted by atomic mass is 32.2. The van der Waals surface area contributed by atoms with Gasteiger partial charge < -0.3 is 0 Å². The Kier molecular flexibility index (Phi) is 3.48. The van der Waals surface area contributed by atoms with E-state index in [1.807, 2.05) is 0 Å². The van der Waals surface area contributed by atoms with E-state index in [1.165, 1.54) is 0 Å². The fraction of sp³-hybridized carbons (Fsp3) is 1.00. The van der Waals surface area contributed by atoms with Gasteiger partial charge in [0.05, 0.1) is 0 Å². The lowest BCUT2D eigenvalue weighted by Crippen LogP contribution is -2.63. The molecular weight excluding hydrogens is 302 g/mol. The van der Waals surface area contributed by atoms with E-state index in [4.69, 9.17) is 4.55 Å². The summed E-state index contributed by atoms with van der Waals surface area (Å²) in [5.74, 6) is -14.7. The number of halogens is 9. The summed E-state index contributed by atoms with van der Waals surface area (Å²) in [6.45, 7) is 0. The summed E-state index contributed by atoms with van der Waals surface area (Å²) in [6.07, 6.45) is -7.13. The van der Waals surface area contributed by atoms with Crippen LogP contribution in [0.4, 0.5) is 39.5 Å². The van der Waals surface area contributed by atoms with Crippen LogP contribution in [0.5, 0.6) is 0 Å². The quantitative estimate of drug-likeness (QED) is 0.494. The van der Waals surface area contributed by atoms with Crippen molar-refractivity contribution in [2.75, 3.05) is 0 Å². The molecule has 0 atom stereocenters. The molecule has 17 heavy (non-hydrogen) atoms. The second-order valence-electron chi connectivity index (χ2n) is 2.64. The highest BCUT2D eigenvalue weighted by Crippen LogP contribution is 2.54. The Balaban J connectivity index is 5.91. The maximum Gasteiger partial charge on any atom is 0.460 e. The molecule has 1 N–H and O–H groups in total. The molecule has 0 saturated carbocycles. The molecule has 0 bridgehead atoms. The van der Waals surface area contributed by atoms with Gasteiger partial charge in [-0.15, -0.1) is 0 Å². The van der Waals surface area contributed by atoms with Crippen LogP contribution < -0.4 is 0 Å². The van der Waals surface area contributed by atoms with Crippen molar-refractivity contribution in [3.63, 3.8) is 0 Å². The van der Waals surface area contributed by atoms with E-state index in [2.05, 4.69) is 0 Å². The van der Waals surface area contributed by atoms with E-state index in [-0.39, 0.29) is 0 Å². The minimum atomic E-state index is -7.37. The molecule has 0 heterocycles. The minimum absolute atomic E-state index is 7.00. The number of hydrogen-bond donors (Lipinski definition) is 1. The van der Waals surface area contributed by atoms with Crippen LogP contribution in [0.2, 0.25) is 0 Å². The molecule has 0 aliphatic carbocycles. The van der Waals surface area contributed by atoms with Gasteiger partial charge in [-0.05, 0) is 0 Å². The molecule has 0 spiro atoms. The van der Waals surface area contributed by atoms with Crippen molar-refractivity contribution in [3.8, 4) is 0 Å². The topological polar surface area (TPSA) is 54.4 Å². The predicted octanol–water partition coefficient (Wildman–Crippen LogP) is 2.30. The van der Waals surface area contributed by atoms with E-state index >= 15 is 0 Å². The molecule has 104 valence electrons. The third kappa shape index (κ3) is 2.17. The van der Waals surface area contributed by atoms with E-state index < -0.39 is 33.4 Å². The molecule has 3 nitrogen and oxygen atoms in total. The molecule has 13 heteroatoms. The Hall–Kier alpha value is -0.720. The molecule has 0 amide bonds. The maximum atomic E-state index is 12.2. The van der Waals surface area contributed by atoms with Crippen LogP contribution in [-0.2, 0) is 10.1 Å². The van der Waals surface area contributed by atoms with Gasteiger partial charge in [-0.2, -0.15) is 47.9 Å². The van der Waals surface area contributed by atoms with E-state index in [0.29, 0.717) is 0 Å². The largest absolute Gasteiger partial charge is 0.460 e. The Morgan fingerprint density at radius 1 is 0.706 bits per heavy atom. The fourth-order valence-electron chi connectivity index (χ4n) is 0.523. The standard InChI is InChI=1S/C4HF9O3S/c5-1(6,3(9,10)11)2(7,8)4(12,13)17(14,15)16/h(H,14,15,16)/i1+1,2+1,3+1. The summed E-state index contributed by atoms with van der Waals surface area (Å²) >= 11 is 0. The highest BCUT2D eigenvalue weighted by Gasteiger charge is 2.85. The number of alkyl halides is 9. The Morgan fingerprint density at radius 2 is 1.00 bits per heavy atom. The van der Waals surface area contributed by atoms with Gasteiger partial charge in [0, 0.05) is 0 Å². The number of rotatable bonds is 3. The van der Waals surface area contributed by atoms with Crippen LogP contribution in [-0.4, -0.2) is 36.2 Å². The first kappa shape index (κ1) is 16.3. The van der Waals surface area contributed by atoms with Crippen molar-refractivity contribution in [1.82, 2.24) is 0 Å². The average molecular weight is 303 g/mol. The van der Waals surface area contributed by atoms with Crippen molar-refractivity contribution >= 4 is 10.1 Å². The van der Waals surface area contributed by atoms with Crippen LogP contribution >= 0.6 is 0 Å². The molecule has 0 aromatic rings. The Morgan fingerprint density at radius 3 is 1.18 bits per heavy atom. The first-order valence-corrected chi connectivity index (χ1v) is 4.61. The van der Waals surface area contributed by atoms with Crippen LogP contribution in [0.3, 0.4) is 0 Å². The lowest BCUT2D eigenvalue weighted by molar-refractivity contribution is -0.382. The van der Waals surface area contributed by atoms with Crippen molar-refractivity contribution < 1.29 is 52.5 Å². The third-order valence-corrected chi connectivity index (χ3v) is 2.34. The van der Waals surface area contributed by atoms with Gasteiger partial charge in [-0.25, -0.2) is 0 Å². The second-order valence-corrected chi connectivity index (χ2v) is 4.10. The first-order valence-electron chi connectivity index (χ1n) is 3.17. The van der Waals surface area contributed by atoms with Gasteiger partial charge in [-0.3, -0.25) is 4.55 Å². The van der Waals surface area contributed by atoms with Gasteiger partial charge in [0.25, 0.3) is 0 Å². The van der Waals surface area contributed by atoms with Crippen molar-refractivity contribution in [1.29, 1.82) is 0 Å². The van der Waals surface area contributed by atoms with Crippen LogP contribution in [0, 0.1) is 0 Å². The van der Waals surface area contributed by atoms with E-state index in [1.54, 1.807) is 0 Å². The van der Waals surface area contributed by atoms with Gasteiger partial charge >= 0.3 is 33.4 Å². The third-order valence-electron chi connectivity index (χ3n) is 1.44. The smallest absolute Gasteiger partial charge is 0.281 e. The summed E-state index contributed by atoms with van der Waals surface area (Å²) in [5, 5.41) is -7.00. The highest BCUT2D eigenvalue weighted by molar-refractivity contribution is 7.87. The summed E-state index contributed by atoms with van der Waals surface area (Å²) in [5.41, 5.74) is 0. The van der Waals surface area contributed by atoms with Crippen molar-refractivity contribution in [2.24, 2.45) is 0 Å². The molecule has 0 rings (SSSR count). The average Bonchev–Trinajstić information content (AvgIpc) is 1.98. The van der Waals surface area contributed by atoms with Crippen LogP contribution in [0.15, 0.2) is 0 Å². The molecule has 0 aromatic heterocycles. The molecule has 0 aliphatic heterocycles. The fourth-order valence-corrected chi connectivity index (χ4v) is 0.975. The minimum Gasteiger partial charge on any atom is -0.281 e. The summed E-state index contributed by atoms with van der Waals surface area (Å²) < 4.78 is 134. The Labute approximate surface area is 87.0 Å². The monoisotopic (exact) mass is 303 g/mol. The molecule has 0 aliphatic rings. The van der Waals surface area contributed by atoms with E-state index in [0.717, 1.165) is 0 Å². The number of hydrogen-bond acceptors (Lipinski definition) is 2. The van der Waals surface area contributed by atoms with Crippen molar-refractivity contribution in [3.05, 3.63) is 0 Å². The maximum absolute atomic E-state index is 12.2.